The molecule has 9 heteroatoms. The van der Waals surface area contributed by atoms with Crippen LogP contribution in [0.3, 0.4) is 0 Å². The molecule has 0 spiro atoms. The van der Waals surface area contributed by atoms with Crippen LogP contribution in [-0.4, -0.2) is 38.5 Å². The summed E-state index contributed by atoms with van der Waals surface area (Å²) in [5.74, 6) is 0. The maximum atomic E-state index is 9.87. The van der Waals surface area contributed by atoms with Crippen molar-refractivity contribution in [1.82, 2.24) is 0 Å². The number of nitrogens with zero attached hydrogens (tertiary/aromatic N) is 1. The second-order valence-corrected chi connectivity index (χ2v) is 6.16. The molecular weight excluding hydrogens is 271 g/mol. The van der Waals surface area contributed by atoms with E-state index >= 15 is 0 Å². The van der Waals surface area contributed by atoms with E-state index in [1.54, 1.807) is 0 Å². The molecule has 0 N–H and O–H groups in total. The van der Waals surface area contributed by atoms with Crippen LogP contribution in [0.2, 0.25) is 0 Å². The van der Waals surface area contributed by atoms with Crippen LogP contribution in [0.5, 0.6) is 0 Å². The average molecular weight is 291 g/mol. The SMILES string of the molecule is CCCOC[N+](C)(C)CC.F[P-](F)(F)(F)(F)F. The Balaban J connectivity index is 0. The summed E-state index contributed by atoms with van der Waals surface area (Å²) in [6, 6.07) is 0. The van der Waals surface area contributed by atoms with E-state index in [9.17, 15) is 25.2 Å². The third-order valence-corrected chi connectivity index (χ3v) is 1.65. The van der Waals surface area contributed by atoms with Crippen LogP contribution in [0.25, 0.3) is 0 Å². The zero-order chi connectivity index (χ0) is 14.4. The minimum absolute atomic E-state index is 0.838. The van der Waals surface area contributed by atoms with Crippen LogP contribution in [-0.2, 0) is 4.74 Å². The molecule has 0 atom stereocenters. The van der Waals surface area contributed by atoms with Gasteiger partial charge in [-0.1, -0.05) is 6.92 Å². The van der Waals surface area contributed by atoms with Gasteiger partial charge in [-0.2, -0.15) is 0 Å². The maximum absolute atomic E-state index is 10.7. The van der Waals surface area contributed by atoms with Crippen LogP contribution >= 0.6 is 7.81 Å². The molecule has 0 aliphatic carbocycles. The molecule has 0 amide bonds. The van der Waals surface area contributed by atoms with Crippen molar-refractivity contribution in [2.45, 2.75) is 20.3 Å². The van der Waals surface area contributed by atoms with Crippen LogP contribution in [0.1, 0.15) is 20.3 Å². The summed E-state index contributed by atoms with van der Waals surface area (Å²) < 4.78 is 65.6. The molecule has 0 unspecified atom stereocenters. The number of hydrogen-bond donors (Lipinski definition) is 0. The summed E-state index contributed by atoms with van der Waals surface area (Å²) >= 11 is 0. The second kappa shape index (κ2) is 5.28. The molecule has 0 saturated heterocycles. The van der Waals surface area contributed by atoms with Gasteiger partial charge in [0.15, 0.2) is 6.73 Å². The van der Waals surface area contributed by atoms with Crippen molar-refractivity contribution < 1.29 is 34.4 Å². The van der Waals surface area contributed by atoms with Gasteiger partial charge in [-0.3, -0.25) is 0 Å². The van der Waals surface area contributed by atoms with Gasteiger partial charge in [-0.15, -0.1) is 0 Å². The van der Waals surface area contributed by atoms with Gasteiger partial charge in [0.05, 0.1) is 27.2 Å². The molecule has 17 heavy (non-hydrogen) atoms. The molecule has 2 nitrogen and oxygen atoms in total. The first-order valence-corrected chi connectivity index (χ1v) is 7.06. The topological polar surface area (TPSA) is 9.23 Å². The van der Waals surface area contributed by atoms with E-state index < -0.39 is 7.81 Å². The third-order valence-electron chi connectivity index (χ3n) is 1.65. The molecule has 0 aliphatic rings. The molecule has 0 heterocycles. The van der Waals surface area contributed by atoms with E-state index in [4.69, 9.17) is 4.74 Å². The van der Waals surface area contributed by atoms with Gasteiger partial charge in [-0.05, 0) is 13.3 Å². The molecule has 0 aromatic rings. The molecule has 0 bridgehead atoms. The molecule has 0 saturated carbocycles. The van der Waals surface area contributed by atoms with Crippen molar-refractivity contribution in [3.05, 3.63) is 0 Å². The fraction of sp³-hybridized carbons (Fsp3) is 1.00. The summed E-state index contributed by atoms with van der Waals surface area (Å²) in [4.78, 5) is 0. The molecule has 0 aromatic carbocycles. The summed E-state index contributed by atoms with van der Waals surface area (Å²) in [7, 11) is -6.30. The van der Waals surface area contributed by atoms with Crippen LogP contribution < -0.4 is 0 Å². The Morgan fingerprint density at radius 3 is 1.53 bits per heavy atom. The Kier molecular flexibility index (Phi) is 5.99. The normalized spacial score (nSPS) is 16.6. The van der Waals surface area contributed by atoms with E-state index in [2.05, 4.69) is 27.9 Å². The Bertz CT molecular complexity index is 212. The Hall–Kier alpha value is -0.0700. The molecule has 0 rings (SSSR count). The molecule has 0 aliphatic heterocycles. The first kappa shape index (κ1) is 19.3. The van der Waals surface area contributed by atoms with Gasteiger partial charge in [0.25, 0.3) is 0 Å². The summed E-state index contributed by atoms with van der Waals surface area (Å²) in [5.41, 5.74) is 0. The molecule has 0 fully saturated rings. The first-order chi connectivity index (χ1) is 7.07. The number of halogens is 6. The number of ether oxygens (including phenoxy) is 1. The van der Waals surface area contributed by atoms with Gasteiger partial charge >= 0.3 is 33.0 Å². The van der Waals surface area contributed by atoms with Crippen molar-refractivity contribution in [3.8, 4) is 0 Å². The predicted molar refractivity (Wildman–Crippen MR) is 57.3 cm³/mol. The fourth-order valence-electron chi connectivity index (χ4n) is 0.547. The molecule has 0 radical (unpaired) electrons. The Morgan fingerprint density at radius 1 is 0.941 bits per heavy atom. The monoisotopic (exact) mass is 291 g/mol. The fourth-order valence-corrected chi connectivity index (χ4v) is 0.547. The summed E-state index contributed by atoms with van der Waals surface area (Å²) in [5, 5.41) is 0. The van der Waals surface area contributed by atoms with E-state index in [-0.39, 0.29) is 0 Å². The standard InChI is InChI=1S/C8H20NO.F6P/c1-5-7-10-8-9(3,4)6-2;1-7(2,3,4,5)6/h5-8H2,1-4H3;/q+1;-1. The van der Waals surface area contributed by atoms with Gasteiger partial charge in [-0.25, -0.2) is 0 Å². The van der Waals surface area contributed by atoms with Gasteiger partial charge in [0.1, 0.15) is 0 Å². The second-order valence-electron chi connectivity index (χ2n) is 4.25. The quantitative estimate of drug-likeness (QED) is 0.231. The minimum atomic E-state index is -10.7. The Morgan fingerprint density at radius 2 is 1.29 bits per heavy atom. The molecule has 0 aromatic heterocycles. The molecule has 110 valence electrons. The third kappa shape index (κ3) is 38.8. The number of quaternary nitrogens is 1. The predicted octanol–water partition coefficient (Wildman–Crippen LogP) is 4.85. The average Bonchev–Trinajstić information content (AvgIpc) is 1.99. The van der Waals surface area contributed by atoms with Gasteiger partial charge in [0.2, 0.25) is 0 Å². The van der Waals surface area contributed by atoms with Crippen molar-refractivity contribution in [3.63, 3.8) is 0 Å². The number of hydrogen-bond acceptors (Lipinski definition) is 1. The zero-order valence-corrected chi connectivity index (χ0v) is 11.3. The van der Waals surface area contributed by atoms with Gasteiger partial charge in [0, 0.05) is 0 Å². The van der Waals surface area contributed by atoms with E-state index in [1.165, 1.54) is 0 Å². The van der Waals surface area contributed by atoms with Crippen LogP contribution in [0.15, 0.2) is 0 Å². The Labute approximate surface area is 97.4 Å². The van der Waals surface area contributed by atoms with E-state index in [0.717, 1.165) is 30.8 Å². The summed E-state index contributed by atoms with van der Waals surface area (Å²) in [6.07, 6.45) is 1.11. The summed E-state index contributed by atoms with van der Waals surface area (Å²) in [6.45, 7) is 7.16. The first-order valence-electron chi connectivity index (χ1n) is 5.03. The van der Waals surface area contributed by atoms with E-state index in [0.29, 0.717) is 0 Å². The van der Waals surface area contributed by atoms with Crippen molar-refractivity contribution in [1.29, 1.82) is 0 Å². The van der Waals surface area contributed by atoms with Crippen molar-refractivity contribution in [2.24, 2.45) is 0 Å². The number of rotatable bonds is 5. The van der Waals surface area contributed by atoms with Crippen LogP contribution in [0.4, 0.5) is 25.2 Å². The molecular formula is C8H20F6NOP. The van der Waals surface area contributed by atoms with Gasteiger partial charge < -0.3 is 9.22 Å². The van der Waals surface area contributed by atoms with Crippen molar-refractivity contribution >= 4 is 7.81 Å². The van der Waals surface area contributed by atoms with Crippen molar-refractivity contribution in [2.75, 3.05) is 34.0 Å². The van der Waals surface area contributed by atoms with Crippen LogP contribution in [0, 0.1) is 0 Å². The van der Waals surface area contributed by atoms with E-state index in [1.807, 2.05) is 0 Å². The zero-order valence-electron chi connectivity index (χ0n) is 10.4.